The minimum Gasteiger partial charge on any atom is -0.493 e. The first-order valence-corrected chi connectivity index (χ1v) is 9.32. The molecule has 8 heteroatoms. The Kier molecular flexibility index (Phi) is 4.94. The normalized spacial score (nSPS) is 21.5. The number of carbonyl (C=O) groups excluding carboxylic acids is 2. The van der Waals surface area contributed by atoms with Gasteiger partial charge < -0.3 is 15.0 Å². The summed E-state index contributed by atoms with van der Waals surface area (Å²) in [6.45, 7) is 0.527. The van der Waals surface area contributed by atoms with Crippen molar-refractivity contribution in [3.63, 3.8) is 0 Å². The van der Waals surface area contributed by atoms with Gasteiger partial charge in [-0.1, -0.05) is 24.3 Å². The number of para-hydroxylation sites is 1. The topological polar surface area (TPSA) is 58.6 Å². The highest BCUT2D eigenvalue weighted by molar-refractivity contribution is 6.00. The van der Waals surface area contributed by atoms with Gasteiger partial charge in [0.2, 0.25) is 11.8 Å². The van der Waals surface area contributed by atoms with Gasteiger partial charge >= 0.3 is 6.18 Å². The van der Waals surface area contributed by atoms with Crippen molar-refractivity contribution in [3.8, 4) is 5.75 Å². The average molecular weight is 404 g/mol. The highest BCUT2D eigenvalue weighted by atomic mass is 19.4. The van der Waals surface area contributed by atoms with E-state index in [0.717, 1.165) is 23.4 Å². The number of ether oxygens (including phenoxy) is 1. The number of hydrogen-bond donors (Lipinski definition) is 1. The molecule has 0 bridgehead atoms. The van der Waals surface area contributed by atoms with E-state index in [9.17, 15) is 22.8 Å². The zero-order chi connectivity index (χ0) is 20.6. The van der Waals surface area contributed by atoms with Crippen LogP contribution in [0.3, 0.4) is 0 Å². The Labute approximate surface area is 165 Å². The molecule has 1 saturated heterocycles. The first-order chi connectivity index (χ1) is 13.8. The van der Waals surface area contributed by atoms with Crippen LogP contribution in [0.15, 0.2) is 48.5 Å². The zero-order valence-electron chi connectivity index (χ0n) is 15.4. The lowest BCUT2D eigenvalue weighted by molar-refractivity contribution is -0.137. The quantitative estimate of drug-likeness (QED) is 0.849. The number of hydrogen-bond acceptors (Lipinski definition) is 3. The van der Waals surface area contributed by atoms with Crippen molar-refractivity contribution in [1.29, 1.82) is 0 Å². The molecule has 2 aromatic carbocycles. The van der Waals surface area contributed by atoms with Crippen LogP contribution >= 0.6 is 0 Å². The molecule has 2 aromatic rings. The molecule has 0 spiro atoms. The molecule has 2 aliphatic heterocycles. The standard InChI is InChI=1S/C21H19F3N2O3/c22-21(23,24)14-4-3-5-15(11-14)26-12-13(10-19(26)27)20(28)25-17-8-9-29-18-7-2-1-6-16(17)18/h1-7,11,13,17H,8-10,12H2,(H,25,28)/t13-,17-/m1/s1. The third-order valence-corrected chi connectivity index (χ3v) is 5.26. The minimum atomic E-state index is -4.49. The molecule has 0 aliphatic carbocycles. The maximum Gasteiger partial charge on any atom is 0.416 e. The lowest BCUT2D eigenvalue weighted by Crippen LogP contribution is -2.37. The third kappa shape index (κ3) is 3.92. The second-order valence-corrected chi connectivity index (χ2v) is 7.19. The Balaban J connectivity index is 1.47. The number of carbonyl (C=O) groups is 2. The van der Waals surface area contributed by atoms with Crippen molar-refractivity contribution in [2.24, 2.45) is 5.92 Å². The van der Waals surface area contributed by atoms with E-state index in [1.54, 1.807) is 0 Å². The van der Waals surface area contributed by atoms with Gasteiger partial charge in [0.15, 0.2) is 0 Å². The highest BCUT2D eigenvalue weighted by Gasteiger charge is 2.38. The van der Waals surface area contributed by atoms with E-state index >= 15 is 0 Å². The summed E-state index contributed by atoms with van der Waals surface area (Å²) in [4.78, 5) is 26.4. The van der Waals surface area contributed by atoms with E-state index < -0.39 is 17.7 Å². The van der Waals surface area contributed by atoms with Crippen LogP contribution in [-0.2, 0) is 15.8 Å². The molecule has 1 fully saturated rings. The summed E-state index contributed by atoms with van der Waals surface area (Å²) < 4.78 is 44.5. The van der Waals surface area contributed by atoms with Gasteiger partial charge in [0.05, 0.1) is 24.1 Å². The largest absolute Gasteiger partial charge is 0.493 e. The summed E-state index contributed by atoms with van der Waals surface area (Å²) in [6.07, 6.45) is -3.92. The van der Waals surface area contributed by atoms with E-state index in [2.05, 4.69) is 5.32 Å². The average Bonchev–Trinajstić information content (AvgIpc) is 3.10. The lowest BCUT2D eigenvalue weighted by Gasteiger charge is -2.27. The molecule has 1 N–H and O–H groups in total. The highest BCUT2D eigenvalue weighted by Crippen LogP contribution is 2.35. The fourth-order valence-corrected chi connectivity index (χ4v) is 3.76. The molecule has 0 aromatic heterocycles. The smallest absolute Gasteiger partial charge is 0.416 e. The van der Waals surface area contributed by atoms with Crippen LogP contribution < -0.4 is 15.0 Å². The van der Waals surface area contributed by atoms with Crippen molar-refractivity contribution in [3.05, 3.63) is 59.7 Å². The van der Waals surface area contributed by atoms with Gasteiger partial charge in [-0.15, -0.1) is 0 Å². The van der Waals surface area contributed by atoms with Crippen LogP contribution in [0.5, 0.6) is 5.75 Å². The maximum absolute atomic E-state index is 13.0. The Morgan fingerprint density at radius 1 is 1.14 bits per heavy atom. The van der Waals surface area contributed by atoms with Gasteiger partial charge in [-0.3, -0.25) is 9.59 Å². The fraction of sp³-hybridized carbons (Fsp3) is 0.333. The number of halogens is 3. The summed E-state index contributed by atoms with van der Waals surface area (Å²) in [7, 11) is 0. The third-order valence-electron chi connectivity index (χ3n) is 5.26. The SMILES string of the molecule is O=C(N[C@@H]1CCOc2ccccc21)[C@@H]1CC(=O)N(c2cccc(C(F)(F)F)c2)C1. The molecule has 5 nitrogen and oxygen atoms in total. The van der Waals surface area contributed by atoms with Gasteiger partial charge in [-0.25, -0.2) is 0 Å². The van der Waals surface area contributed by atoms with Crippen molar-refractivity contribution >= 4 is 17.5 Å². The van der Waals surface area contributed by atoms with E-state index in [-0.39, 0.29) is 36.5 Å². The van der Waals surface area contributed by atoms with E-state index in [1.807, 2.05) is 24.3 Å². The van der Waals surface area contributed by atoms with Crippen LogP contribution in [0, 0.1) is 5.92 Å². The first kappa shape index (κ1) is 19.3. The zero-order valence-corrected chi connectivity index (χ0v) is 15.4. The van der Waals surface area contributed by atoms with Gasteiger partial charge in [-0.05, 0) is 24.3 Å². The summed E-state index contributed by atoms with van der Waals surface area (Å²) >= 11 is 0. The van der Waals surface area contributed by atoms with Gasteiger partial charge in [-0.2, -0.15) is 13.2 Å². The van der Waals surface area contributed by atoms with E-state index in [0.29, 0.717) is 13.0 Å². The van der Waals surface area contributed by atoms with Crippen LogP contribution in [0.2, 0.25) is 0 Å². The molecule has 0 radical (unpaired) electrons. The molecular formula is C21H19F3N2O3. The van der Waals surface area contributed by atoms with E-state index in [4.69, 9.17) is 4.74 Å². The van der Waals surface area contributed by atoms with Crippen molar-refractivity contribution in [2.75, 3.05) is 18.1 Å². The predicted molar refractivity (Wildman–Crippen MR) is 99.3 cm³/mol. The lowest BCUT2D eigenvalue weighted by atomic mass is 9.99. The number of nitrogens with zero attached hydrogens (tertiary/aromatic N) is 1. The molecule has 0 saturated carbocycles. The molecule has 152 valence electrons. The molecule has 4 rings (SSSR count). The fourth-order valence-electron chi connectivity index (χ4n) is 3.76. The number of amides is 2. The second-order valence-electron chi connectivity index (χ2n) is 7.19. The Morgan fingerprint density at radius 3 is 2.72 bits per heavy atom. The van der Waals surface area contributed by atoms with Gasteiger partial charge in [0.25, 0.3) is 0 Å². The maximum atomic E-state index is 13.0. The first-order valence-electron chi connectivity index (χ1n) is 9.32. The van der Waals surface area contributed by atoms with Crippen LogP contribution in [0.1, 0.15) is 30.0 Å². The van der Waals surface area contributed by atoms with Crippen molar-refractivity contribution in [2.45, 2.75) is 25.1 Å². The Morgan fingerprint density at radius 2 is 1.93 bits per heavy atom. The second kappa shape index (κ2) is 7.42. The number of benzene rings is 2. The summed E-state index contributed by atoms with van der Waals surface area (Å²) in [5, 5.41) is 2.97. The molecule has 2 atom stereocenters. The van der Waals surface area contributed by atoms with Crippen LogP contribution in [-0.4, -0.2) is 25.0 Å². The minimum absolute atomic E-state index is 0.0348. The monoisotopic (exact) mass is 404 g/mol. The molecule has 0 unspecified atom stereocenters. The van der Waals surface area contributed by atoms with Crippen LogP contribution in [0.4, 0.5) is 18.9 Å². The van der Waals surface area contributed by atoms with Gasteiger partial charge in [0, 0.05) is 30.6 Å². The summed E-state index contributed by atoms with van der Waals surface area (Å²) in [6, 6.07) is 11.8. The number of anilines is 1. The van der Waals surface area contributed by atoms with Gasteiger partial charge in [0.1, 0.15) is 5.75 Å². The van der Waals surface area contributed by atoms with E-state index in [1.165, 1.54) is 17.0 Å². The Hall–Kier alpha value is -3.03. The molecular weight excluding hydrogens is 385 g/mol. The molecule has 2 amide bonds. The summed E-state index contributed by atoms with van der Waals surface area (Å²) in [5.74, 6) is -0.546. The predicted octanol–water partition coefficient (Wildman–Crippen LogP) is 3.70. The van der Waals surface area contributed by atoms with Crippen molar-refractivity contribution < 1.29 is 27.5 Å². The number of fused-ring (bicyclic) bond motifs is 1. The number of nitrogens with one attached hydrogen (secondary N) is 1. The number of rotatable bonds is 3. The number of alkyl halides is 3. The molecule has 2 aliphatic rings. The van der Waals surface area contributed by atoms with Crippen LogP contribution in [0.25, 0.3) is 0 Å². The Bertz CT molecular complexity index is 945. The molecule has 2 heterocycles. The van der Waals surface area contributed by atoms with Crippen molar-refractivity contribution in [1.82, 2.24) is 5.32 Å². The molecule has 29 heavy (non-hydrogen) atoms. The summed E-state index contributed by atoms with van der Waals surface area (Å²) in [5.41, 5.74) is 0.206.